The monoisotopic (exact) mass is 300 g/mol. The Balaban J connectivity index is 2.58. The summed E-state index contributed by atoms with van der Waals surface area (Å²) >= 11 is 8.02. The molecule has 1 aromatic carbocycles. The van der Waals surface area contributed by atoms with Crippen molar-refractivity contribution in [2.75, 3.05) is 0 Å². The number of halogens is 1. The third kappa shape index (κ3) is 4.38. The van der Waals surface area contributed by atoms with Crippen LogP contribution in [0.3, 0.4) is 0 Å². The van der Waals surface area contributed by atoms with Gasteiger partial charge in [-0.05, 0) is 17.7 Å². The minimum atomic E-state index is -0.673. The molecule has 0 fully saturated rings. The molecule has 5 heteroatoms. The van der Waals surface area contributed by atoms with Gasteiger partial charge in [-0.25, -0.2) is 0 Å². The third-order valence-electron chi connectivity index (χ3n) is 2.07. The van der Waals surface area contributed by atoms with E-state index in [0.717, 1.165) is 10.0 Å². The summed E-state index contributed by atoms with van der Waals surface area (Å²) in [4.78, 5) is 0.274. The highest BCUT2D eigenvalue weighted by molar-refractivity contribution is 9.10. The summed E-state index contributed by atoms with van der Waals surface area (Å²) in [5.41, 5.74) is 6.50. The van der Waals surface area contributed by atoms with Crippen molar-refractivity contribution in [2.45, 2.75) is 18.9 Å². The lowest BCUT2D eigenvalue weighted by molar-refractivity contribution is 0.191. The fourth-order valence-electron chi connectivity index (χ4n) is 1.31. The maximum Gasteiger partial charge on any atom is 0.0753 e. The summed E-state index contributed by atoms with van der Waals surface area (Å²) < 4.78 is 0.965. The van der Waals surface area contributed by atoms with Crippen molar-refractivity contribution in [1.82, 2.24) is 0 Å². The zero-order chi connectivity index (χ0) is 12.1. The van der Waals surface area contributed by atoms with Crippen LogP contribution in [-0.2, 0) is 0 Å². The van der Waals surface area contributed by atoms with E-state index >= 15 is 0 Å². The number of nitrogens with one attached hydrogen (secondary N) is 1. The zero-order valence-corrected chi connectivity index (χ0v) is 11.0. The largest absolute Gasteiger partial charge is 0.393 e. The van der Waals surface area contributed by atoms with E-state index in [0.29, 0.717) is 5.71 Å². The molecule has 0 aliphatic carbocycles. The number of nitrogens with two attached hydrogens (primary N) is 1. The van der Waals surface area contributed by atoms with E-state index in [1.807, 2.05) is 24.3 Å². The molecule has 1 aromatic rings. The second kappa shape index (κ2) is 6.08. The molecule has 0 saturated heterocycles. The normalized spacial score (nSPS) is 12.1. The lowest BCUT2D eigenvalue weighted by Gasteiger charge is -2.10. The summed E-state index contributed by atoms with van der Waals surface area (Å²) in [6.45, 7) is 0. The van der Waals surface area contributed by atoms with Gasteiger partial charge < -0.3 is 16.2 Å². The molecule has 1 atom stereocenters. The Morgan fingerprint density at radius 3 is 2.44 bits per heavy atom. The Morgan fingerprint density at radius 1 is 1.38 bits per heavy atom. The van der Waals surface area contributed by atoms with Gasteiger partial charge in [0.1, 0.15) is 0 Å². The highest BCUT2D eigenvalue weighted by Gasteiger charge is 2.10. The number of hydrogen-bond donors (Lipinski definition) is 3. The topological polar surface area (TPSA) is 70.1 Å². The number of thiocarbonyl (C=S) groups is 1. The molecule has 86 valence electrons. The molecule has 0 aliphatic heterocycles. The Bertz CT molecular complexity index is 391. The molecule has 4 N–H and O–H groups in total. The Kier molecular flexibility index (Phi) is 5.05. The number of rotatable bonds is 5. The predicted octanol–water partition coefficient (Wildman–Crippen LogP) is 2.24. The van der Waals surface area contributed by atoms with Crippen molar-refractivity contribution >= 4 is 38.8 Å². The van der Waals surface area contributed by atoms with Gasteiger partial charge in [0.05, 0.1) is 11.1 Å². The number of aliphatic hydroxyl groups is 1. The lowest BCUT2D eigenvalue weighted by Crippen LogP contribution is -2.21. The molecule has 0 saturated carbocycles. The predicted molar refractivity (Wildman–Crippen MR) is 73.0 cm³/mol. The first-order valence-electron chi connectivity index (χ1n) is 4.78. The number of hydrogen-bond acceptors (Lipinski definition) is 3. The molecular formula is C11H13BrN2OS. The summed E-state index contributed by atoms with van der Waals surface area (Å²) in [5, 5.41) is 17.4. The molecule has 0 aromatic heterocycles. The maximum atomic E-state index is 9.59. The average Bonchev–Trinajstić information content (AvgIpc) is 2.16. The molecule has 16 heavy (non-hydrogen) atoms. The minimum Gasteiger partial charge on any atom is -0.393 e. The molecular weight excluding hydrogens is 288 g/mol. The minimum absolute atomic E-state index is 0.258. The van der Waals surface area contributed by atoms with Gasteiger partial charge in [-0.15, -0.1) is 0 Å². The summed E-state index contributed by atoms with van der Waals surface area (Å²) in [6, 6.07) is 7.40. The van der Waals surface area contributed by atoms with Crippen LogP contribution in [0.25, 0.3) is 0 Å². The molecule has 0 aliphatic rings. The van der Waals surface area contributed by atoms with Crippen LogP contribution < -0.4 is 5.73 Å². The second-order valence-electron chi connectivity index (χ2n) is 3.51. The SMILES string of the molecule is N=C(C[C@@H](O)CC(N)=S)c1ccc(Br)cc1. The molecule has 1 rings (SSSR count). The zero-order valence-electron chi connectivity index (χ0n) is 8.61. The van der Waals surface area contributed by atoms with E-state index in [1.54, 1.807) is 0 Å². The summed E-state index contributed by atoms with van der Waals surface area (Å²) in [5.74, 6) is 0. The quantitative estimate of drug-likeness (QED) is 0.577. The summed E-state index contributed by atoms with van der Waals surface area (Å²) in [6.07, 6.45) is -0.152. The van der Waals surface area contributed by atoms with E-state index in [-0.39, 0.29) is 17.8 Å². The van der Waals surface area contributed by atoms with Crippen LogP contribution in [0.1, 0.15) is 18.4 Å². The van der Waals surface area contributed by atoms with E-state index in [2.05, 4.69) is 15.9 Å². The fraction of sp³-hybridized carbons (Fsp3) is 0.273. The van der Waals surface area contributed by atoms with Crippen LogP contribution in [0.5, 0.6) is 0 Å². The fourth-order valence-corrected chi connectivity index (χ4v) is 1.77. The molecule has 0 amide bonds. The second-order valence-corrected chi connectivity index (χ2v) is 4.95. The molecule has 0 spiro atoms. The molecule has 0 radical (unpaired) electrons. The Labute approximate surface area is 108 Å². The number of aliphatic hydroxyl groups excluding tert-OH is 1. The summed E-state index contributed by atoms with van der Waals surface area (Å²) in [7, 11) is 0. The van der Waals surface area contributed by atoms with Crippen molar-refractivity contribution in [3.8, 4) is 0 Å². The van der Waals surface area contributed by atoms with Gasteiger partial charge in [0, 0.05) is 23.0 Å². The first-order chi connectivity index (χ1) is 7.49. The van der Waals surface area contributed by atoms with E-state index in [9.17, 15) is 5.11 Å². The van der Waals surface area contributed by atoms with E-state index in [1.165, 1.54) is 0 Å². The van der Waals surface area contributed by atoms with Crippen molar-refractivity contribution < 1.29 is 5.11 Å². The number of benzene rings is 1. The van der Waals surface area contributed by atoms with Crippen molar-refractivity contribution in [1.29, 1.82) is 5.41 Å². The van der Waals surface area contributed by atoms with Crippen LogP contribution in [0.15, 0.2) is 28.7 Å². The lowest BCUT2D eigenvalue weighted by atomic mass is 10.0. The molecule has 0 heterocycles. The van der Waals surface area contributed by atoms with Crippen LogP contribution >= 0.6 is 28.1 Å². The molecule has 0 unspecified atom stereocenters. The van der Waals surface area contributed by atoms with Gasteiger partial charge in [-0.2, -0.15) is 0 Å². The van der Waals surface area contributed by atoms with Crippen LogP contribution in [0.4, 0.5) is 0 Å². The van der Waals surface area contributed by atoms with Gasteiger partial charge in [0.2, 0.25) is 0 Å². The Hall–Kier alpha value is -0.780. The van der Waals surface area contributed by atoms with Crippen molar-refractivity contribution in [3.05, 3.63) is 34.3 Å². The molecule has 0 bridgehead atoms. The maximum absolute atomic E-state index is 9.59. The Morgan fingerprint density at radius 2 is 1.94 bits per heavy atom. The smallest absolute Gasteiger partial charge is 0.0753 e. The van der Waals surface area contributed by atoms with Gasteiger partial charge in [0.15, 0.2) is 0 Å². The highest BCUT2D eigenvalue weighted by atomic mass is 79.9. The van der Waals surface area contributed by atoms with E-state index < -0.39 is 6.10 Å². The van der Waals surface area contributed by atoms with Crippen LogP contribution in [0, 0.1) is 5.41 Å². The van der Waals surface area contributed by atoms with Crippen LogP contribution in [-0.4, -0.2) is 21.9 Å². The first kappa shape index (κ1) is 13.3. The van der Waals surface area contributed by atoms with Crippen LogP contribution in [0.2, 0.25) is 0 Å². The van der Waals surface area contributed by atoms with Gasteiger partial charge in [0.25, 0.3) is 0 Å². The standard InChI is InChI=1S/C11H13BrN2OS/c12-8-3-1-7(2-4-8)10(13)5-9(15)6-11(14)16/h1-4,9,13,15H,5-6H2,(H2,14,16)/t9-/m1/s1. The van der Waals surface area contributed by atoms with Gasteiger partial charge >= 0.3 is 0 Å². The third-order valence-corrected chi connectivity index (χ3v) is 2.76. The van der Waals surface area contributed by atoms with Gasteiger partial charge in [-0.3, -0.25) is 0 Å². The van der Waals surface area contributed by atoms with Crippen molar-refractivity contribution in [3.63, 3.8) is 0 Å². The average molecular weight is 301 g/mol. The van der Waals surface area contributed by atoms with Crippen molar-refractivity contribution in [2.24, 2.45) is 5.73 Å². The first-order valence-corrected chi connectivity index (χ1v) is 5.99. The van der Waals surface area contributed by atoms with E-state index in [4.69, 9.17) is 23.4 Å². The molecule has 3 nitrogen and oxygen atoms in total. The van der Waals surface area contributed by atoms with Gasteiger partial charge in [-0.1, -0.05) is 40.3 Å². The highest BCUT2D eigenvalue weighted by Crippen LogP contribution is 2.13.